The number of aliphatic hydroxyl groups is 1. The molecule has 0 radical (unpaired) electrons. The number of fused-ring (bicyclic) bond motifs is 2. The zero-order valence-corrected chi connectivity index (χ0v) is 21.5. The van der Waals surface area contributed by atoms with Crippen molar-refractivity contribution in [3.8, 4) is 17.0 Å². The van der Waals surface area contributed by atoms with Gasteiger partial charge in [0.25, 0.3) is 5.91 Å². The Hall–Kier alpha value is -4.59. The second kappa shape index (κ2) is 9.51. The monoisotopic (exact) mass is 575 g/mol. The Morgan fingerprint density at radius 1 is 1.15 bits per heavy atom. The van der Waals surface area contributed by atoms with E-state index in [0.717, 1.165) is 24.3 Å². The van der Waals surface area contributed by atoms with Crippen LogP contribution in [0.4, 0.5) is 22.0 Å². The average Bonchev–Trinajstić information content (AvgIpc) is 3.42. The minimum Gasteiger partial charge on any atom is -0.489 e. The summed E-state index contributed by atoms with van der Waals surface area (Å²) in [6.45, 7) is -0.348. The lowest BCUT2D eigenvalue weighted by molar-refractivity contribution is -0.265. The Morgan fingerprint density at radius 3 is 2.46 bits per heavy atom. The van der Waals surface area contributed by atoms with Gasteiger partial charge in [0.15, 0.2) is 0 Å². The average molecular weight is 575 g/mol. The van der Waals surface area contributed by atoms with E-state index < -0.39 is 53.0 Å². The highest BCUT2D eigenvalue weighted by molar-refractivity contribution is 5.98. The highest BCUT2D eigenvalue weighted by Gasteiger charge is 2.57. The summed E-state index contributed by atoms with van der Waals surface area (Å²) >= 11 is 0. The summed E-state index contributed by atoms with van der Waals surface area (Å²) < 4.78 is 78.1. The molecule has 1 aliphatic heterocycles. The second-order valence-electron chi connectivity index (χ2n) is 9.91. The number of rotatable bonds is 6. The summed E-state index contributed by atoms with van der Waals surface area (Å²) in [4.78, 5) is 29.2. The van der Waals surface area contributed by atoms with E-state index in [-0.39, 0.29) is 40.1 Å². The first-order valence-corrected chi connectivity index (χ1v) is 12.1. The number of aromatic nitrogens is 3. The molecular weight excluding hydrogens is 553 g/mol. The molecule has 0 aliphatic carbocycles. The number of carbonyl (C=O) groups excluding carboxylic acids is 2. The molecule has 0 saturated carbocycles. The van der Waals surface area contributed by atoms with Gasteiger partial charge in [0, 0.05) is 23.7 Å². The summed E-state index contributed by atoms with van der Waals surface area (Å²) in [5.74, 6) is -3.49. The van der Waals surface area contributed by atoms with Gasteiger partial charge in [-0.3, -0.25) is 14.3 Å². The smallest absolute Gasteiger partial charge is 0.424 e. The molecule has 4 aromatic rings. The Balaban J connectivity index is 1.58. The van der Waals surface area contributed by atoms with Crippen LogP contribution in [-0.4, -0.2) is 51.0 Å². The standard InChI is InChI=1S/C27H22F5N5O4/c1-25(24(33)39)12-41-21-17(25)10-19(35-20(21)13-3-6-15(28)7-4-13)26(40,27(30,31)32)11-34-23(38)14-5-8-18-16(9-14)22(29)36-37(18)2/h3-10,40H,11-12H2,1-2H3,(H2,33,39)(H,34,38)/t25-,26-/m0/s1. The van der Waals surface area contributed by atoms with Crippen molar-refractivity contribution >= 4 is 22.7 Å². The van der Waals surface area contributed by atoms with Crippen LogP contribution < -0.4 is 15.8 Å². The van der Waals surface area contributed by atoms with Gasteiger partial charge in [0.05, 0.1) is 23.1 Å². The van der Waals surface area contributed by atoms with E-state index in [4.69, 9.17) is 10.5 Å². The normalized spacial score (nSPS) is 18.0. The van der Waals surface area contributed by atoms with Crippen molar-refractivity contribution in [2.75, 3.05) is 13.2 Å². The van der Waals surface area contributed by atoms with E-state index in [1.807, 2.05) is 5.32 Å². The third kappa shape index (κ3) is 4.53. The van der Waals surface area contributed by atoms with Crippen LogP contribution in [0.3, 0.4) is 0 Å². The Morgan fingerprint density at radius 2 is 1.83 bits per heavy atom. The molecule has 214 valence electrons. The van der Waals surface area contributed by atoms with Gasteiger partial charge in [-0.2, -0.15) is 17.6 Å². The number of nitrogens with two attached hydrogens (primary N) is 1. The minimum absolute atomic E-state index is 0.0267. The lowest BCUT2D eigenvalue weighted by Gasteiger charge is -2.31. The first-order chi connectivity index (χ1) is 19.2. The maximum absolute atomic E-state index is 14.5. The fraction of sp³-hybridized carbons (Fsp3) is 0.259. The number of alkyl halides is 3. The number of pyridine rings is 1. The molecule has 3 heterocycles. The quantitative estimate of drug-likeness (QED) is 0.303. The summed E-state index contributed by atoms with van der Waals surface area (Å²) in [6, 6.07) is 9.21. The van der Waals surface area contributed by atoms with Crippen LogP contribution in [0.25, 0.3) is 22.2 Å². The van der Waals surface area contributed by atoms with Crippen molar-refractivity contribution in [2.45, 2.75) is 24.1 Å². The number of amides is 2. The minimum atomic E-state index is -5.39. The molecule has 2 aromatic heterocycles. The van der Waals surface area contributed by atoms with Crippen molar-refractivity contribution in [1.82, 2.24) is 20.1 Å². The number of hydrogen-bond donors (Lipinski definition) is 3. The third-order valence-electron chi connectivity index (χ3n) is 7.20. The van der Waals surface area contributed by atoms with Gasteiger partial charge in [-0.05, 0) is 55.5 Å². The van der Waals surface area contributed by atoms with Crippen molar-refractivity contribution in [3.05, 3.63) is 77.1 Å². The summed E-state index contributed by atoms with van der Waals surface area (Å²) in [5, 5.41) is 16.7. The lowest BCUT2D eigenvalue weighted by Crippen LogP contribution is -2.51. The fourth-order valence-corrected chi connectivity index (χ4v) is 4.61. The number of benzene rings is 2. The number of hydrogen-bond acceptors (Lipinski definition) is 6. The lowest BCUT2D eigenvalue weighted by atomic mass is 9.81. The Labute approximate surface area is 228 Å². The summed E-state index contributed by atoms with van der Waals surface area (Å²) in [7, 11) is 1.48. The SMILES string of the molecule is Cn1nc(F)c2cc(C(=O)NC[C@](O)(c3cc4c(c(-c5ccc(F)cc5)n3)OC[C@]4(C)C(N)=O)C(F)(F)F)ccc21. The number of aryl methyl sites for hydroxylation is 1. The zero-order valence-electron chi connectivity index (χ0n) is 21.5. The van der Waals surface area contributed by atoms with Crippen LogP contribution in [0.15, 0.2) is 48.5 Å². The number of nitrogens with one attached hydrogen (secondary N) is 1. The highest BCUT2D eigenvalue weighted by atomic mass is 19.4. The van der Waals surface area contributed by atoms with Crippen molar-refractivity contribution in [2.24, 2.45) is 12.8 Å². The number of primary amides is 1. The number of halogens is 5. The van der Waals surface area contributed by atoms with E-state index in [9.17, 15) is 36.6 Å². The largest absolute Gasteiger partial charge is 0.489 e. The van der Waals surface area contributed by atoms with Gasteiger partial charge >= 0.3 is 6.18 Å². The molecule has 1 aliphatic rings. The molecule has 0 unspecified atom stereocenters. The van der Waals surface area contributed by atoms with Crippen LogP contribution >= 0.6 is 0 Å². The van der Waals surface area contributed by atoms with Crippen LogP contribution in [0.5, 0.6) is 5.75 Å². The van der Waals surface area contributed by atoms with Crippen LogP contribution in [0, 0.1) is 11.8 Å². The van der Waals surface area contributed by atoms with E-state index >= 15 is 0 Å². The second-order valence-corrected chi connectivity index (χ2v) is 9.91. The number of carbonyl (C=O) groups is 2. The number of nitrogens with zero attached hydrogens (tertiary/aromatic N) is 3. The zero-order chi connectivity index (χ0) is 29.9. The fourth-order valence-electron chi connectivity index (χ4n) is 4.61. The first-order valence-electron chi connectivity index (χ1n) is 12.1. The molecule has 0 bridgehead atoms. The van der Waals surface area contributed by atoms with Gasteiger partial charge in [-0.15, -0.1) is 5.10 Å². The molecule has 4 N–H and O–H groups in total. The van der Waals surface area contributed by atoms with Gasteiger partial charge in [0.2, 0.25) is 17.5 Å². The molecule has 0 saturated heterocycles. The molecule has 9 nitrogen and oxygen atoms in total. The molecule has 0 spiro atoms. The third-order valence-corrected chi connectivity index (χ3v) is 7.20. The molecule has 2 atom stereocenters. The number of ether oxygens (including phenoxy) is 1. The van der Waals surface area contributed by atoms with Gasteiger partial charge in [-0.1, -0.05) is 0 Å². The van der Waals surface area contributed by atoms with Gasteiger partial charge in [-0.25, -0.2) is 9.37 Å². The molecule has 2 amide bonds. The molecule has 0 fully saturated rings. The van der Waals surface area contributed by atoms with E-state index in [2.05, 4.69) is 10.1 Å². The van der Waals surface area contributed by atoms with Crippen LogP contribution in [0.1, 0.15) is 28.5 Å². The molecule has 2 aromatic carbocycles. The first kappa shape index (κ1) is 28.0. The van der Waals surface area contributed by atoms with Gasteiger partial charge in [0.1, 0.15) is 29.3 Å². The van der Waals surface area contributed by atoms with Crippen molar-refractivity contribution < 1.29 is 41.4 Å². The maximum Gasteiger partial charge on any atom is 0.424 e. The maximum atomic E-state index is 14.5. The van der Waals surface area contributed by atoms with Crippen LogP contribution in [0.2, 0.25) is 0 Å². The Kier molecular flexibility index (Phi) is 6.48. The molecule has 14 heteroatoms. The van der Waals surface area contributed by atoms with E-state index in [0.29, 0.717) is 5.52 Å². The highest BCUT2D eigenvalue weighted by Crippen LogP contribution is 2.47. The van der Waals surface area contributed by atoms with Crippen molar-refractivity contribution in [3.63, 3.8) is 0 Å². The van der Waals surface area contributed by atoms with E-state index in [1.165, 1.54) is 42.9 Å². The topological polar surface area (TPSA) is 132 Å². The Bertz CT molecular complexity index is 1710. The molecular formula is C27H22F5N5O4. The summed E-state index contributed by atoms with van der Waals surface area (Å²) in [5.41, 5.74) is -0.726. The van der Waals surface area contributed by atoms with Crippen molar-refractivity contribution in [1.29, 1.82) is 0 Å². The predicted octanol–water partition coefficient (Wildman–Crippen LogP) is 3.23. The summed E-state index contributed by atoms with van der Waals surface area (Å²) in [6.07, 6.45) is -5.39. The molecule has 41 heavy (non-hydrogen) atoms. The van der Waals surface area contributed by atoms with Gasteiger partial charge < -0.3 is 20.9 Å². The predicted molar refractivity (Wildman–Crippen MR) is 135 cm³/mol. The molecule has 5 rings (SSSR count). The van der Waals surface area contributed by atoms with E-state index in [1.54, 1.807) is 0 Å². The van der Waals surface area contributed by atoms with Crippen LogP contribution in [-0.2, 0) is 22.9 Å².